The van der Waals surface area contributed by atoms with Crippen molar-refractivity contribution >= 4 is 51.0 Å². The third-order valence-electron chi connectivity index (χ3n) is 4.43. The van der Waals surface area contributed by atoms with Crippen molar-refractivity contribution in [2.45, 2.75) is 33.1 Å². The van der Waals surface area contributed by atoms with Gasteiger partial charge in [-0.1, -0.05) is 12.1 Å². The minimum atomic E-state index is -0.407. The fourth-order valence-corrected chi connectivity index (χ4v) is 4.56. The number of anilines is 1. The van der Waals surface area contributed by atoms with Crippen molar-refractivity contribution in [1.29, 1.82) is 0 Å². The molecule has 3 aromatic rings. The van der Waals surface area contributed by atoms with Crippen molar-refractivity contribution in [3.8, 4) is 0 Å². The summed E-state index contributed by atoms with van der Waals surface area (Å²) in [5.41, 5.74) is 3.08. The van der Waals surface area contributed by atoms with Crippen LogP contribution >= 0.6 is 23.1 Å². The highest BCUT2D eigenvalue weighted by Crippen LogP contribution is 2.33. The largest absolute Gasteiger partial charge is 0.462 e. The number of benzene rings is 1. The number of thioether (sulfide) groups is 1. The number of aryl methyl sites for hydroxylation is 1. The Morgan fingerprint density at radius 1 is 1.29 bits per heavy atom. The third-order valence-corrected chi connectivity index (χ3v) is 6.10. The maximum atomic E-state index is 12.8. The van der Waals surface area contributed by atoms with Gasteiger partial charge in [0.15, 0.2) is 0 Å². The quantitative estimate of drug-likeness (QED) is 0.577. The van der Waals surface area contributed by atoms with Crippen LogP contribution < -0.4 is 5.32 Å². The summed E-state index contributed by atoms with van der Waals surface area (Å²) in [5, 5.41) is 3.44. The van der Waals surface area contributed by atoms with Crippen LogP contribution in [0.15, 0.2) is 24.3 Å². The topological polar surface area (TPSA) is 73.2 Å². The lowest BCUT2D eigenvalue weighted by atomic mass is 10.1. The maximum absolute atomic E-state index is 12.8. The van der Waals surface area contributed by atoms with E-state index in [0.717, 1.165) is 27.3 Å². The second-order valence-corrected chi connectivity index (χ2v) is 8.38. The molecule has 0 aliphatic heterocycles. The van der Waals surface area contributed by atoms with Crippen LogP contribution in [0.4, 0.5) is 5.00 Å². The van der Waals surface area contributed by atoms with Gasteiger partial charge in [0.2, 0.25) is 5.91 Å². The van der Waals surface area contributed by atoms with E-state index in [-0.39, 0.29) is 12.5 Å². The number of nitrogens with zero attached hydrogens (tertiary/aromatic N) is 2. The number of hydrogen-bond acceptors (Lipinski definition) is 6. The van der Waals surface area contributed by atoms with E-state index in [9.17, 15) is 9.59 Å². The van der Waals surface area contributed by atoms with Crippen LogP contribution in [0.1, 0.15) is 33.5 Å². The molecule has 0 bridgehead atoms. The molecule has 6 nitrogen and oxygen atoms in total. The van der Waals surface area contributed by atoms with Gasteiger partial charge in [-0.05, 0) is 44.7 Å². The Kier molecular flexibility index (Phi) is 6.41. The zero-order chi connectivity index (χ0) is 20.3. The number of para-hydroxylation sites is 2. The number of carbonyl (C=O) groups is 2. The molecule has 0 saturated heterocycles. The SMILES string of the molecule is CCOC(=O)c1c(NC(=O)Cn2c(CSC)nc3ccccc32)sc(C)c1C. The molecule has 8 heteroatoms. The van der Waals surface area contributed by atoms with Gasteiger partial charge in [0.05, 0.1) is 29.0 Å². The minimum Gasteiger partial charge on any atom is -0.462 e. The number of imidazole rings is 1. The molecule has 2 heterocycles. The molecule has 3 rings (SSSR count). The summed E-state index contributed by atoms with van der Waals surface area (Å²) in [6, 6.07) is 7.78. The van der Waals surface area contributed by atoms with Crippen molar-refractivity contribution in [1.82, 2.24) is 9.55 Å². The number of nitrogens with one attached hydrogen (secondary N) is 1. The Morgan fingerprint density at radius 3 is 2.75 bits per heavy atom. The molecule has 28 heavy (non-hydrogen) atoms. The van der Waals surface area contributed by atoms with Crippen molar-refractivity contribution in [3.63, 3.8) is 0 Å². The van der Waals surface area contributed by atoms with Crippen LogP contribution in [-0.4, -0.2) is 34.3 Å². The second kappa shape index (κ2) is 8.79. The van der Waals surface area contributed by atoms with Crippen LogP contribution in [0.25, 0.3) is 11.0 Å². The van der Waals surface area contributed by atoms with Crippen molar-refractivity contribution in [2.24, 2.45) is 0 Å². The molecule has 0 spiro atoms. The number of aromatic nitrogens is 2. The molecular weight excluding hydrogens is 394 g/mol. The van der Waals surface area contributed by atoms with E-state index in [2.05, 4.69) is 10.3 Å². The predicted octanol–water partition coefficient (Wildman–Crippen LogP) is 4.39. The van der Waals surface area contributed by atoms with Crippen molar-refractivity contribution in [2.75, 3.05) is 18.2 Å². The summed E-state index contributed by atoms with van der Waals surface area (Å²) in [5.74, 6) is 0.967. The van der Waals surface area contributed by atoms with Crippen LogP contribution in [0.2, 0.25) is 0 Å². The van der Waals surface area contributed by atoms with E-state index >= 15 is 0 Å². The highest BCUT2D eigenvalue weighted by molar-refractivity contribution is 7.97. The first-order valence-electron chi connectivity index (χ1n) is 8.96. The number of hydrogen-bond donors (Lipinski definition) is 1. The zero-order valence-electron chi connectivity index (χ0n) is 16.4. The molecule has 0 fully saturated rings. The Labute approximate surface area is 172 Å². The Hall–Kier alpha value is -2.32. The van der Waals surface area contributed by atoms with Crippen LogP contribution in [0, 0.1) is 13.8 Å². The molecular formula is C20H23N3O3S2. The van der Waals surface area contributed by atoms with Gasteiger partial charge in [-0.25, -0.2) is 9.78 Å². The number of amides is 1. The number of ether oxygens (including phenoxy) is 1. The first kappa shape index (κ1) is 20.4. The average Bonchev–Trinajstić information content (AvgIpc) is 3.13. The Morgan fingerprint density at radius 2 is 2.04 bits per heavy atom. The second-order valence-electron chi connectivity index (χ2n) is 6.29. The van der Waals surface area contributed by atoms with Gasteiger partial charge < -0.3 is 14.6 Å². The Bertz CT molecular complexity index is 1020. The lowest BCUT2D eigenvalue weighted by Gasteiger charge is -2.10. The molecule has 1 aromatic carbocycles. The molecule has 0 unspecified atom stereocenters. The molecule has 1 amide bonds. The van der Waals surface area contributed by atoms with Gasteiger partial charge in [-0.3, -0.25) is 4.79 Å². The van der Waals surface area contributed by atoms with Gasteiger partial charge in [0.25, 0.3) is 0 Å². The van der Waals surface area contributed by atoms with E-state index in [1.54, 1.807) is 18.7 Å². The summed E-state index contributed by atoms with van der Waals surface area (Å²) in [6.45, 7) is 5.99. The molecule has 0 aliphatic carbocycles. The average molecular weight is 418 g/mol. The summed E-state index contributed by atoms with van der Waals surface area (Å²) in [7, 11) is 0. The number of carbonyl (C=O) groups excluding carboxylic acids is 2. The molecule has 0 saturated carbocycles. The molecule has 2 aromatic heterocycles. The van der Waals surface area contributed by atoms with E-state index < -0.39 is 5.97 Å². The summed E-state index contributed by atoms with van der Waals surface area (Å²) in [6.07, 6.45) is 2.01. The van der Waals surface area contributed by atoms with Gasteiger partial charge >= 0.3 is 5.97 Å². The maximum Gasteiger partial charge on any atom is 0.341 e. The normalized spacial score (nSPS) is 11.0. The predicted molar refractivity (Wildman–Crippen MR) is 115 cm³/mol. The first-order chi connectivity index (χ1) is 13.5. The first-order valence-corrected chi connectivity index (χ1v) is 11.2. The van der Waals surface area contributed by atoms with Crippen LogP contribution in [-0.2, 0) is 21.8 Å². The summed E-state index contributed by atoms with van der Waals surface area (Å²) in [4.78, 5) is 30.8. The third kappa shape index (κ3) is 4.07. The molecule has 148 valence electrons. The van der Waals surface area contributed by atoms with E-state index in [1.807, 2.05) is 48.9 Å². The lowest BCUT2D eigenvalue weighted by molar-refractivity contribution is -0.116. The molecule has 1 N–H and O–H groups in total. The monoisotopic (exact) mass is 417 g/mol. The van der Waals surface area contributed by atoms with E-state index in [4.69, 9.17) is 4.74 Å². The summed E-state index contributed by atoms with van der Waals surface area (Å²) < 4.78 is 7.09. The highest BCUT2D eigenvalue weighted by atomic mass is 32.2. The molecule has 0 aliphatic rings. The number of rotatable bonds is 7. The van der Waals surface area contributed by atoms with Crippen LogP contribution in [0.5, 0.6) is 0 Å². The van der Waals surface area contributed by atoms with Gasteiger partial charge in [-0.2, -0.15) is 11.8 Å². The highest BCUT2D eigenvalue weighted by Gasteiger charge is 2.22. The van der Waals surface area contributed by atoms with Crippen LogP contribution in [0.3, 0.4) is 0 Å². The van der Waals surface area contributed by atoms with Gasteiger partial charge in [-0.15, -0.1) is 11.3 Å². The zero-order valence-corrected chi connectivity index (χ0v) is 18.0. The molecule has 0 radical (unpaired) electrons. The Balaban J connectivity index is 1.88. The molecule has 0 atom stereocenters. The lowest BCUT2D eigenvalue weighted by Crippen LogP contribution is -2.21. The van der Waals surface area contributed by atoms with Gasteiger partial charge in [0, 0.05) is 4.88 Å². The number of esters is 1. The minimum absolute atomic E-state index is 0.134. The van der Waals surface area contributed by atoms with Crippen molar-refractivity contribution < 1.29 is 14.3 Å². The fourth-order valence-electron chi connectivity index (χ4n) is 3.01. The number of fused-ring (bicyclic) bond motifs is 1. The standard InChI is InChI=1S/C20H23N3O3S2/c1-5-26-20(25)18-12(2)13(3)28-19(18)22-17(24)10-23-15-9-7-6-8-14(15)21-16(23)11-27-4/h6-9H,5,10-11H2,1-4H3,(H,22,24). The summed E-state index contributed by atoms with van der Waals surface area (Å²) >= 11 is 3.05. The van der Waals surface area contributed by atoms with Gasteiger partial charge in [0.1, 0.15) is 17.4 Å². The van der Waals surface area contributed by atoms with E-state index in [1.165, 1.54) is 11.3 Å². The smallest absolute Gasteiger partial charge is 0.341 e. The van der Waals surface area contributed by atoms with E-state index in [0.29, 0.717) is 22.9 Å². The fraction of sp³-hybridized carbons (Fsp3) is 0.350. The number of thiophene rings is 1. The van der Waals surface area contributed by atoms with Crippen molar-refractivity contribution in [3.05, 3.63) is 46.1 Å².